The second kappa shape index (κ2) is 8.93. The van der Waals surface area contributed by atoms with Gasteiger partial charge in [0.2, 0.25) is 0 Å². The lowest BCUT2D eigenvalue weighted by molar-refractivity contribution is 0.0713. The van der Waals surface area contributed by atoms with E-state index < -0.39 is 0 Å². The summed E-state index contributed by atoms with van der Waals surface area (Å²) in [6.45, 7) is 3.88. The molecule has 1 heteroatoms. The average Bonchev–Trinajstić information content (AvgIpc) is 2.72. The third-order valence-electron chi connectivity index (χ3n) is 8.33. The summed E-state index contributed by atoms with van der Waals surface area (Å²) in [6, 6.07) is 7.33. The van der Waals surface area contributed by atoms with Crippen LogP contribution in [0.4, 0.5) is 4.39 Å². The number of rotatable bonds is 5. The predicted octanol–water partition coefficient (Wildman–Crippen LogP) is 7.90. The highest BCUT2D eigenvalue weighted by atomic mass is 19.1. The second-order valence-corrected chi connectivity index (χ2v) is 9.80. The van der Waals surface area contributed by atoms with Crippen molar-refractivity contribution in [2.45, 2.75) is 83.0 Å². The van der Waals surface area contributed by atoms with E-state index in [-0.39, 0.29) is 5.82 Å². The van der Waals surface area contributed by atoms with Crippen molar-refractivity contribution in [1.29, 1.82) is 0 Å². The molecular weight excluding hydrogens is 331 g/mol. The minimum atomic E-state index is -0.104. The number of allylic oxidation sites excluding steroid dienone is 1. The summed E-state index contributed by atoms with van der Waals surface area (Å²) in [7, 11) is 0. The van der Waals surface area contributed by atoms with E-state index in [1.165, 1.54) is 82.6 Å². The van der Waals surface area contributed by atoms with Gasteiger partial charge >= 0.3 is 0 Å². The van der Waals surface area contributed by atoms with Gasteiger partial charge in [0, 0.05) is 0 Å². The molecule has 0 aromatic heterocycles. The summed E-state index contributed by atoms with van der Waals surface area (Å²) >= 11 is 0. The first-order valence-electron chi connectivity index (χ1n) is 11.6. The molecule has 1 aromatic rings. The molecule has 0 N–H and O–H groups in total. The molecule has 0 heterocycles. The molecule has 0 amide bonds. The van der Waals surface area contributed by atoms with E-state index >= 15 is 0 Å². The van der Waals surface area contributed by atoms with Crippen LogP contribution in [0.15, 0.2) is 36.9 Å². The normalized spacial score (nSPS) is 36.8. The summed E-state index contributed by atoms with van der Waals surface area (Å²) in [6.07, 6.45) is 19.1. The lowest BCUT2D eigenvalue weighted by atomic mass is 9.60. The van der Waals surface area contributed by atoms with E-state index in [9.17, 15) is 4.39 Å². The van der Waals surface area contributed by atoms with Crippen LogP contribution in [0.3, 0.4) is 0 Å². The van der Waals surface area contributed by atoms with Crippen molar-refractivity contribution < 1.29 is 4.39 Å². The molecule has 3 aliphatic carbocycles. The number of halogens is 1. The molecule has 27 heavy (non-hydrogen) atoms. The minimum absolute atomic E-state index is 0.104. The number of hydrogen-bond donors (Lipinski definition) is 0. The van der Waals surface area contributed by atoms with E-state index in [1.807, 2.05) is 12.1 Å². The predicted molar refractivity (Wildman–Crippen MR) is 112 cm³/mol. The van der Waals surface area contributed by atoms with E-state index in [1.54, 1.807) is 12.1 Å². The molecule has 4 rings (SSSR count). The molecule has 0 bridgehead atoms. The molecule has 4 atom stereocenters. The molecular formula is C26H37F. The third kappa shape index (κ3) is 4.66. The molecule has 0 aliphatic heterocycles. The summed E-state index contributed by atoms with van der Waals surface area (Å²) in [5.74, 6) is 5.46. The molecule has 0 radical (unpaired) electrons. The first kappa shape index (κ1) is 19.2. The number of fused-ring (bicyclic) bond motifs is 1. The van der Waals surface area contributed by atoms with Crippen LogP contribution in [-0.4, -0.2) is 0 Å². The van der Waals surface area contributed by atoms with Gasteiger partial charge in [-0.2, -0.15) is 0 Å². The standard InChI is InChI=1S/C26H37F/c1-2-3-4-19-5-7-20(8-6-19)22-9-11-25-18-23(10-12-24(25)17-22)21-13-15-26(27)16-14-21/h2,13-16,19-20,22-25H,1,3-12,17-18H2. The molecule has 0 saturated heterocycles. The van der Waals surface area contributed by atoms with Crippen LogP contribution in [0, 0.1) is 35.4 Å². The fraction of sp³-hybridized carbons (Fsp3) is 0.692. The van der Waals surface area contributed by atoms with Crippen LogP contribution in [-0.2, 0) is 0 Å². The number of benzene rings is 1. The Kier molecular flexibility index (Phi) is 6.35. The van der Waals surface area contributed by atoms with Gasteiger partial charge in [-0.15, -0.1) is 6.58 Å². The van der Waals surface area contributed by atoms with Crippen molar-refractivity contribution >= 4 is 0 Å². The number of hydrogen-bond acceptors (Lipinski definition) is 0. The van der Waals surface area contributed by atoms with Gasteiger partial charge < -0.3 is 0 Å². The molecule has 0 nitrogen and oxygen atoms in total. The minimum Gasteiger partial charge on any atom is -0.207 e. The summed E-state index contributed by atoms with van der Waals surface area (Å²) in [5.41, 5.74) is 1.37. The lowest BCUT2D eigenvalue weighted by Crippen LogP contribution is -2.34. The zero-order valence-corrected chi connectivity index (χ0v) is 16.9. The van der Waals surface area contributed by atoms with E-state index in [4.69, 9.17) is 0 Å². The van der Waals surface area contributed by atoms with Crippen LogP contribution in [0.1, 0.15) is 88.5 Å². The fourth-order valence-corrected chi connectivity index (χ4v) is 6.69. The Bertz CT molecular complexity index is 595. The quantitative estimate of drug-likeness (QED) is 0.463. The highest BCUT2D eigenvalue weighted by Crippen LogP contribution is 2.51. The Labute approximate surface area is 165 Å². The van der Waals surface area contributed by atoms with Gasteiger partial charge in [-0.05, 0) is 117 Å². The maximum atomic E-state index is 13.2. The van der Waals surface area contributed by atoms with Gasteiger partial charge in [-0.3, -0.25) is 0 Å². The maximum absolute atomic E-state index is 13.2. The first-order valence-corrected chi connectivity index (χ1v) is 11.6. The Balaban J connectivity index is 1.27. The van der Waals surface area contributed by atoms with Gasteiger partial charge in [0.15, 0.2) is 0 Å². The zero-order valence-electron chi connectivity index (χ0n) is 16.9. The molecule has 3 saturated carbocycles. The molecule has 0 spiro atoms. The van der Waals surface area contributed by atoms with Crippen LogP contribution < -0.4 is 0 Å². The van der Waals surface area contributed by atoms with E-state index in [0.29, 0.717) is 5.92 Å². The molecule has 3 fully saturated rings. The van der Waals surface area contributed by atoms with Crippen molar-refractivity contribution in [2.75, 3.05) is 0 Å². The Morgan fingerprint density at radius 1 is 0.778 bits per heavy atom. The molecule has 4 unspecified atom stereocenters. The summed E-state index contributed by atoms with van der Waals surface area (Å²) < 4.78 is 13.2. The van der Waals surface area contributed by atoms with Gasteiger partial charge in [0.1, 0.15) is 5.82 Å². The monoisotopic (exact) mass is 368 g/mol. The maximum Gasteiger partial charge on any atom is 0.123 e. The van der Waals surface area contributed by atoms with Gasteiger partial charge in [-0.1, -0.05) is 31.1 Å². The Morgan fingerprint density at radius 2 is 1.37 bits per heavy atom. The highest BCUT2D eigenvalue weighted by molar-refractivity contribution is 5.21. The highest BCUT2D eigenvalue weighted by Gasteiger charge is 2.38. The Hall–Kier alpha value is -1.11. The van der Waals surface area contributed by atoms with Crippen molar-refractivity contribution in [3.05, 3.63) is 48.3 Å². The smallest absolute Gasteiger partial charge is 0.123 e. The van der Waals surface area contributed by atoms with Crippen LogP contribution in [0.5, 0.6) is 0 Å². The van der Waals surface area contributed by atoms with Gasteiger partial charge in [0.05, 0.1) is 0 Å². The molecule has 3 aliphatic rings. The zero-order chi connectivity index (χ0) is 18.6. The molecule has 1 aromatic carbocycles. The average molecular weight is 369 g/mol. The second-order valence-electron chi connectivity index (χ2n) is 9.80. The lowest BCUT2D eigenvalue weighted by Gasteiger charge is -2.45. The summed E-state index contributed by atoms with van der Waals surface area (Å²) in [4.78, 5) is 0. The van der Waals surface area contributed by atoms with E-state index in [0.717, 1.165) is 29.6 Å². The van der Waals surface area contributed by atoms with Gasteiger partial charge in [0.25, 0.3) is 0 Å². The van der Waals surface area contributed by atoms with Crippen molar-refractivity contribution in [2.24, 2.45) is 29.6 Å². The third-order valence-corrected chi connectivity index (χ3v) is 8.33. The molecule has 148 valence electrons. The van der Waals surface area contributed by atoms with Crippen molar-refractivity contribution in [1.82, 2.24) is 0 Å². The Morgan fingerprint density at radius 3 is 2.07 bits per heavy atom. The fourth-order valence-electron chi connectivity index (χ4n) is 6.69. The van der Waals surface area contributed by atoms with Crippen LogP contribution in [0.2, 0.25) is 0 Å². The first-order chi connectivity index (χ1) is 13.2. The van der Waals surface area contributed by atoms with E-state index in [2.05, 4.69) is 12.7 Å². The topological polar surface area (TPSA) is 0 Å². The summed E-state index contributed by atoms with van der Waals surface area (Å²) in [5, 5.41) is 0. The largest absolute Gasteiger partial charge is 0.207 e. The SMILES string of the molecule is C=CCCC1CCC(C2CCC3CC(c4ccc(F)cc4)CCC3C2)CC1. The van der Waals surface area contributed by atoms with Gasteiger partial charge in [-0.25, -0.2) is 4.39 Å². The van der Waals surface area contributed by atoms with Crippen LogP contribution in [0.25, 0.3) is 0 Å². The van der Waals surface area contributed by atoms with Crippen LogP contribution >= 0.6 is 0 Å². The van der Waals surface area contributed by atoms with Crippen molar-refractivity contribution in [3.8, 4) is 0 Å². The van der Waals surface area contributed by atoms with Crippen molar-refractivity contribution in [3.63, 3.8) is 0 Å².